The van der Waals surface area contributed by atoms with Gasteiger partial charge in [0.2, 0.25) is 0 Å². The lowest BCUT2D eigenvalue weighted by Gasteiger charge is -1.85. The van der Waals surface area contributed by atoms with Gasteiger partial charge in [-0.2, -0.15) is 0 Å². The highest BCUT2D eigenvalue weighted by molar-refractivity contribution is 7.53. The standard InChI is InChI=1S/C7H7OP/c1-9(8)7-5-3-2-4-6-7/h2-6H,1H2/q+2. The summed E-state index contributed by atoms with van der Waals surface area (Å²) in [5.74, 6) is 0. The van der Waals surface area contributed by atoms with E-state index in [0.29, 0.717) is 0 Å². The highest BCUT2D eigenvalue weighted by Crippen LogP contribution is 2.27. The molecule has 0 aromatic rings. The first-order chi connectivity index (χ1) is 4.30. The van der Waals surface area contributed by atoms with Crippen molar-refractivity contribution in [2.45, 2.75) is 0 Å². The largest absolute Gasteiger partial charge is 0.613 e. The van der Waals surface area contributed by atoms with Crippen LogP contribution in [0.3, 0.4) is 0 Å². The molecule has 0 bridgehead atoms. The maximum atomic E-state index is 10.7. The molecule has 0 spiro atoms. The van der Waals surface area contributed by atoms with Gasteiger partial charge < -0.3 is 4.89 Å². The second-order valence-electron chi connectivity index (χ2n) is 1.71. The van der Waals surface area contributed by atoms with E-state index in [1.54, 1.807) is 0 Å². The van der Waals surface area contributed by atoms with Crippen molar-refractivity contribution in [1.82, 2.24) is 0 Å². The van der Waals surface area contributed by atoms with Gasteiger partial charge in [0.25, 0.3) is 0 Å². The molecular weight excluding hydrogens is 131 g/mol. The first-order valence-corrected chi connectivity index (χ1v) is 4.08. The minimum Gasteiger partial charge on any atom is -0.613 e. The summed E-state index contributed by atoms with van der Waals surface area (Å²) in [5.41, 5.74) is 0. The molecular formula is C7H7OP+2. The normalized spacial score (nSPS) is 17.4. The van der Waals surface area contributed by atoms with Gasteiger partial charge in [-0.05, 0) is 0 Å². The summed E-state index contributed by atoms with van der Waals surface area (Å²) in [6, 6.07) is 0. The van der Waals surface area contributed by atoms with E-state index in [1.807, 2.05) is 31.1 Å². The van der Waals surface area contributed by atoms with E-state index >= 15 is 0 Å². The molecule has 1 unspecified atom stereocenters. The van der Waals surface area contributed by atoms with Crippen LogP contribution in [0.2, 0.25) is 0 Å². The van der Waals surface area contributed by atoms with Crippen molar-refractivity contribution in [2.75, 3.05) is 0 Å². The SMILES string of the molecule is C=[P+]([O-])C1=C[CH+]C=C[CH+]1. The summed E-state index contributed by atoms with van der Waals surface area (Å²) >= 11 is 0. The van der Waals surface area contributed by atoms with Gasteiger partial charge in [-0.25, -0.2) is 0 Å². The minimum absolute atomic E-state index is 0.813. The van der Waals surface area contributed by atoms with Crippen LogP contribution >= 0.6 is 7.77 Å². The van der Waals surface area contributed by atoms with Crippen molar-refractivity contribution in [2.24, 2.45) is 0 Å². The molecule has 0 radical (unpaired) electrons. The Morgan fingerprint density at radius 2 is 2.33 bits per heavy atom. The molecule has 0 fully saturated rings. The summed E-state index contributed by atoms with van der Waals surface area (Å²) < 4.78 is 0. The molecule has 0 heterocycles. The molecule has 0 aliphatic heterocycles. The molecule has 0 saturated heterocycles. The first-order valence-electron chi connectivity index (χ1n) is 2.63. The Morgan fingerprint density at radius 3 is 2.67 bits per heavy atom. The van der Waals surface area contributed by atoms with Crippen LogP contribution in [0.15, 0.2) is 23.5 Å². The lowest BCUT2D eigenvalue weighted by molar-refractivity contribution is -0.150. The highest BCUT2D eigenvalue weighted by atomic mass is 31.1. The van der Waals surface area contributed by atoms with Gasteiger partial charge >= 0.3 is 5.31 Å². The molecule has 1 atom stereocenters. The maximum absolute atomic E-state index is 10.7. The lowest BCUT2D eigenvalue weighted by Crippen LogP contribution is -1.92. The molecule has 2 heteroatoms. The Labute approximate surface area is 56.2 Å². The fourth-order valence-electron chi connectivity index (χ4n) is 0.594. The second kappa shape index (κ2) is 2.77. The molecule has 1 aliphatic carbocycles. The number of allylic oxidation sites excluding steroid dienone is 4. The zero-order valence-corrected chi connectivity index (χ0v) is 5.84. The van der Waals surface area contributed by atoms with Crippen molar-refractivity contribution < 1.29 is 4.89 Å². The molecule has 44 valence electrons. The summed E-state index contributed by atoms with van der Waals surface area (Å²) in [5, 5.41) is 0.813. The van der Waals surface area contributed by atoms with Crippen LogP contribution in [-0.2, 0) is 0 Å². The number of hydrogen-bond donors (Lipinski definition) is 0. The Hall–Kier alpha value is -0.650. The van der Waals surface area contributed by atoms with Crippen molar-refractivity contribution in [3.05, 3.63) is 36.4 Å². The van der Waals surface area contributed by atoms with Crippen LogP contribution in [0.1, 0.15) is 0 Å². The van der Waals surface area contributed by atoms with E-state index in [1.165, 1.54) is 0 Å². The van der Waals surface area contributed by atoms with Crippen LogP contribution in [0.4, 0.5) is 0 Å². The third-order valence-electron chi connectivity index (χ3n) is 1.04. The van der Waals surface area contributed by atoms with Gasteiger partial charge in [0.1, 0.15) is 6.08 Å². The van der Waals surface area contributed by atoms with E-state index in [9.17, 15) is 4.89 Å². The molecule has 0 aromatic carbocycles. The van der Waals surface area contributed by atoms with Gasteiger partial charge in [-0.15, -0.1) is 0 Å². The van der Waals surface area contributed by atoms with Gasteiger partial charge in [-0.3, -0.25) is 0 Å². The lowest BCUT2D eigenvalue weighted by atomic mass is 10.2. The first kappa shape index (κ1) is 6.47. The second-order valence-corrected chi connectivity index (χ2v) is 2.99. The van der Waals surface area contributed by atoms with Gasteiger partial charge in [-0.1, -0.05) is 0 Å². The number of rotatable bonds is 1. The molecule has 1 aliphatic rings. The Kier molecular flexibility index (Phi) is 1.99. The topological polar surface area (TPSA) is 23.1 Å². The van der Waals surface area contributed by atoms with E-state index in [0.717, 1.165) is 5.31 Å². The van der Waals surface area contributed by atoms with E-state index < -0.39 is 7.77 Å². The summed E-state index contributed by atoms with van der Waals surface area (Å²) in [6.45, 7) is 0. The predicted molar refractivity (Wildman–Crippen MR) is 39.9 cm³/mol. The van der Waals surface area contributed by atoms with E-state index in [4.69, 9.17) is 0 Å². The Bertz CT molecular complexity index is 179. The van der Waals surface area contributed by atoms with Crippen LogP contribution in [0.5, 0.6) is 0 Å². The molecule has 0 saturated carbocycles. The quantitative estimate of drug-likeness (QED) is 0.392. The third kappa shape index (κ3) is 1.63. The van der Waals surface area contributed by atoms with Crippen LogP contribution in [-0.4, -0.2) is 6.30 Å². The van der Waals surface area contributed by atoms with Crippen LogP contribution < -0.4 is 4.89 Å². The predicted octanol–water partition coefficient (Wildman–Crippen LogP) is 1.04. The molecule has 0 N–H and O–H groups in total. The van der Waals surface area contributed by atoms with Crippen molar-refractivity contribution in [3.8, 4) is 0 Å². The average molecular weight is 138 g/mol. The monoisotopic (exact) mass is 138 g/mol. The van der Waals surface area contributed by atoms with Crippen LogP contribution in [0, 0.1) is 12.8 Å². The van der Waals surface area contributed by atoms with Crippen LogP contribution in [0.25, 0.3) is 0 Å². The third-order valence-corrected chi connectivity index (χ3v) is 1.92. The zero-order valence-electron chi connectivity index (χ0n) is 4.95. The van der Waals surface area contributed by atoms with Gasteiger partial charge in [0, 0.05) is 0 Å². The maximum Gasteiger partial charge on any atom is 0.345 e. The zero-order chi connectivity index (χ0) is 6.69. The molecule has 1 nitrogen and oxygen atoms in total. The smallest absolute Gasteiger partial charge is 0.345 e. The Morgan fingerprint density at radius 1 is 1.56 bits per heavy atom. The van der Waals surface area contributed by atoms with Gasteiger partial charge in [0.05, 0.1) is 6.30 Å². The Balaban J connectivity index is 2.61. The average Bonchev–Trinajstić information content (AvgIpc) is 1.90. The molecule has 0 amide bonds. The fourth-order valence-corrected chi connectivity index (χ4v) is 1.10. The molecule has 9 heavy (non-hydrogen) atoms. The van der Waals surface area contributed by atoms with Crippen molar-refractivity contribution in [3.63, 3.8) is 0 Å². The number of hydrogen-bond acceptors (Lipinski definition) is 1. The van der Waals surface area contributed by atoms with Crippen molar-refractivity contribution >= 4 is 14.1 Å². The fraction of sp³-hybridized carbons (Fsp3) is 0. The summed E-state index contributed by atoms with van der Waals surface area (Å²) in [6.07, 6.45) is 12.6. The molecule has 0 aromatic heterocycles. The minimum atomic E-state index is -1.40. The molecule has 1 rings (SSSR count). The van der Waals surface area contributed by atoms with E-state index in [2.05, 4.69) is 6.30 Å². The van der Waals surface area contributed by atoms with Crippen molar-refractivity contribution in [1.29, 1.82) is 0 Å². The van der Waals surface area contributed by atoms with E-state index in [-0.39, 0.29) is 0 Å². The summed E-state index contributed by atoms with van der Waals surface area (Å²) in [7, 11) is -1.40. The summed E-state index contributed by atoms with van der Waals surface area (Å²) in [4.78, 5) is 10.7. The van der Waals surface area contributed by atoms with Gasteiger partial charge in [0.15, 0.2) is 32.8 Å². The highest BCUT2D eigenvalue weighted by Gasteiger charge is 2.21.